The molecule has 2 aliphatic rings. The van der Waals surface area contributed by atoms with Crippen molar-refractivity contribution < 1.29 is 15.0 Å². The van der Waals surface area contributed by atoms with E-state index in [0.717, 1.165) is 48.9 Å². The third-order valence-electron chi connectivity index (χ3n) is 6.61. The predicted molar refractivity (Wildman–Crippen MR) is 148 cm³/mol. The molecule has 0 radical (unpaired) electrons. The Balaban J connectivity index is 0.000000435. The summed E-state index contributed by atoms with van der Waals surface area (Å²) in [6.45, 7) is 5.61. The molecule has 1 aromatic heterocycles. The zero-order valence-electron chi connectivity index (χ0n) is 20.6. The van der Waals surface area contributed by atoms with E-state index in [1.807, 2.05) is 42.2 Å². The van der Waals surface area contributed by atoms with Gasteiger partial charge >= 0.3 is 0 Å². The van der Waals surface area contributed by atoms with E-state index in [9.17, 15) is 13.6 Å². The lowest BCUT2D eigenvalue weighted by molar-refractivity contribution is -0.132. The normalized spacial score (nSPS) is 16.8. The summed E-state index contributed by atoms with van der Waals surface area (Å²) in [4.78, 5) is 27.1. The van der Waals surface area contributed by atoms with E-state index in [4.69, 9.17) is 17.3 Å². The van der Waals surface area contributed by atoms with Crippen molar-refractivity contribution >= 4 is 45.8 Å². The molecule has 5 rings (SSSR count). The fourth-order valence-electron chi connectivity index (χ4n) is 4.65. The molecular weight excluding hydrogens is 512 g/mol. The van der Waals surface area contributed by atoms with E-state index in [1.54, 1.807) is 24.4 Å². The van der Waals surface area contributed by atoms with Gasteiger partial charge in [0.2, 0.25) is 5.91 Å². The molecule has 3 heterocycles. The number of hydrogen-bond acceptors (Lipinski definition) is 8. The highest BCUT2D eigenvalue weighted by atomic mass is 35.5. The molecular formula is C26H32ClN6O3S-. The monoisotopic (exact) mass is 543 g/mol. The van der Waals surface area contributed by atoms with Crippen LogP contribution in [-0.4, -0.2) is 68.3 Å². The van der Waals surface area contributed by atoms with Gasteiger partial charge in [0.05, 0.1) is 0 Å². The van der Waals surface area contributed by atoms with E-state index in [1.165, 1.54) is 11.9 Å². The van der Waals surface area contributed by atoms with E-state index in [0.29, 0.717) is 18.9 Å². The number of aryl methyl sites for hydroxylation is 1. The van der Waals surface area contributed by atoms with Crippen LogP contribution in [0.15, 0.2) is 66.0 Å². The van der Waals surface area contributed by atoms with Crippen LogP contribution in [0.5, 0.6) is 0 Å². The molecule has 0 spiro atoms. The molecule has 2 aliphatic heterocycles. The third kappa shape index (κ3) is 6.76. The second-order valence-electron chi connectivity index (χ2n) is 8.92. The Labute approximate surface area is 226 Å². The van der Waals surface area contributed by atoms with Gasteiger partial charge in [-0.1, -0.05) is 11.6 Å². The number of amides is 1. The number of carbonyl (C=O) groups excluding carboxylic acids is 1. The molecule has 9 nitrogen and oxygen atoms in total. The van der Waals surface area contributed by atoms with Crippen LogP contribution < -0.4 is 15.5 Å². The molecule has 2 aromatic carbocycles. The first kappa shape index (κ1) is 26.8. The van der Waals surface area contributed by atoms with Crippen molar-refractivity contribution in [3.8, 4) is 0 Å². The molecule has 0 bridgehead atoms. The summed E-state index contributed by atoms with van der Waals surface area (Å²) in [5.41, 5.74) is 8.51. The van der Waals surface area contributed by atoms with Crippen molar-refractivity contribution in [2.75, 3.05) is 48.3 Å². The van der Waals surface area contributed by atoms with Gasteiger partial charge in [-0.3, -0.25) is 9.00 Å². The number of nitrogens with zero attached hydrogens (tertiary/aromatic N) is 5. The first-order chi connectivity index (χ1) is 17.8. The minimum Gasteiger partial charge on any atom is -0.768 e. The maximum absolute atomic E-state index is 13.2. The number of rotatable bonds is 4. The first-order valence-electron chi connectivity index (χ1n) is 12.1. The number of anilines is 3. The fourth-order valence-corrected chi connectivity index (χ4v) is 5.20. The highest BCUT2D eigenvalue weighted by molar-refractivity contribution is 7.79. The summed E-state index contributed by atoms with van der Waals surface area (Å²) in [5, 5.41) is 0.736. The maximum Gasteiger partial charge on any atom is 0.245 e. The summed E-state index contributed by atoms with van der Waals surface area (Å²) >= 11 is 3.93. The quantitative estimate of drug-likeness (QED) is 0.497. The van der Waals surface area contributed by atoms with Crippen LogP contribution in [0.3, 0.4) is 0 Å². The highest BCUT2D eigenvalue weighted by Crippen LogP contribution is 2.31. The van der Waals surface area contributed by atoms with Crippen molar-refractivity contribution in [3.05, 3.63) is 71.6 Å². The van der Waals surface area contributed by atoms with E-state index >= 15 is 0 Å². The van der Waals surface area contributed by atoms with E-state index in [2.05, 4.69) is 19.8 Å². The lowest BCUT2D eigenvalue weighted by Crippen LogP contribution is -2.55. The summed E-state index contributed by atoms with van der Waals surface area (Å²) in [7, 11) is 0. The number of nitrogen functional groups attached to an aromatic ring is 1. The average molecular weight is 544 g/mol. The number of fused-ring (bicyclic) bond motifs is 1. The summed E-state index contributed by atoms with van der Waals surface area (Å²) in [6.07, 6.45) is 5.02. The minimum atomic E-state index is -2.21. The van der Waals surface area contributed by atoms with E-state index < -0.39 is 11.1 Å². The molecule has 2 unspecified atom stereocenters. The van der Waals surface area contributed by atoms with Gasteiger partial charge in [-0.05, 0) is 84.9 Å². The molecule has 1 amide bonds. The van der Waals surface area contributed by atoms with Crippen LogP contribution in [0.4, 0.5) is 17.2 Å². The maximum atomic E-state index is 13.2. The number of benzene rings is 2. The van der Waals surface area contributed by atoms with Crippen LogP contribution in [0.2, 0.25) is 5.02 Å². The van der Waals surface area contributed by atoms with Crippen LogP contribution in [0.25, 0.3) is 0 Å². The number of piperazine rings is 1. The standard InChI is InChI=1S/C22H26ClN3O3S.C4H5N3.H2/c1-16(26-10-2-3-17-15-18(23)4-9-21(17)26)22(27)25-13-11-24(12-14-25)19-5-7-20(8-6-19)30(28)29;5-4-1-2-6-3-7-4;/h4-9,15-16H,2-3,10-14H2,1H3,(H,28,29);1-3H,(H2,5,6,7);1H/p-1. The SMILES string of the molecule is CC(C(=O)N1CCN(c2ccc(S(=O)[O-])cc2)CC1)N1CCCc2cc(Cl)ccc21.Nc1ccncn1.[HH]. The van der Waals surface area contributed by atoms with Crippen LogP contribution >= 0.6 is 11.6 Å². The fraction of sp³-hybridized carbons (Fsp3) is 0.346. The van der Waals surface area contributed by atoms with Gasteiger partial charge in [-0.15, -0.1) is 0 Å². The second kappa shape index (κ2) is 12.4. The van der Waals surface area contributed by atoms with Crippen molar-refractivity contribution in [1.82, 2.24) is 14.9 Å². The lowest BCUT2D eigenvalue weighted by Gasteiger charge is -2.41. The van der Waals surface area contributed by atoms with E-state index in [-0.39, 0.29) is 18.3 Å². The predicted octanol–water partition coefficient (Wildman–Crippen LogP) is 3.37. The number of aromatic nitrogens is 2. The molecule has 0 saturated carbocycles. The Morgan fingerprint density at radius 3 is 2.43 bits per heavy atom. The highest BCUT2D eigenvalue weighted by Gasteiger charge is 2.31. The zero-order chi connectivity index (χ0) is 26.4. The molecule has 11 heteroatoms. The van der Waals surface area contributed by atoms with Gasteiger partial charge in [0.15, 0.2) is 0 Å². The van der Waals surface area contributed by atoms with Crippen LogP contribution in [-0.2, 0) is 22.3 Å². The van der Waals surface area contributed by atoms with Gasteiger partial charge in [0.25, 0.3) is 0 Å². The van der Waals surface area contributed by atoms with Crippen molar-refractivity contribution in [2.24, 2.45) is 0 Å². The summed E-state index contributed by atoms with van der Waals surface area (Å²) in [6, 6.07) is 14.2. The number of halogens is 1. The Morgan fingerprint density at radius 1 is 1.11 bits per heavy atom. The van der Waals surface area contributed by atoms with Gasteiger partial charge in [0, 0.05) is 61.6 Å². The topological polar surface area (TPSA) is 119 Å². The number of nitrogens with two attached hydrogens (primary N) is 1. The second-order valence-corrected chi connectivity index (χ2v) is 10.3. The largest absolute Gasteiger partial charge is 0.768 e. The third-order valence-corrected chi connectivity index (χ3v) is 7.50. The summed E-state index contributed by atoms with van der Waals surface area (Å²) < 4.78 is 22.1. The van der Waals surface area contributed by atoms with Crippen molar-refractivity contribution in [2.45, 2.75) is 30.7 Å². The molecule has 2 N–H and O–H groups in total. The average Bonchev–Trinajstić information content (AvgIpc) is 2.92. The zero-order valence-corrected chi connectivity index (χ0v) is 22.2. The Bertz CT molecular complexity index is 1230. The smallest absolute Gasteiger partial charge is 0.245 e. The van der Waals surface area contributed by atoms with Crippen molar-refractivity contribution in [1.29, 1.82) is 0 Å². The van der Waals surface area contributed by atoms with Gasteiger partial charge in [0.1, 0.15) is 18.2 Å². The number of hydrogen-bond donors (Lipinski definition) is 1. The lowest BCUT2D eigenvalue weighted by atomic mass is 10.00. The van der Waals surface area contributed by atoms with Crippen molar-refractivity contribution in [3.63, 3.8) is 0 Å². The first-order valence-corrected chi connectivity index (χ1v) is 13.6. The minimum absolute atomic E-state index is 0. The number of carbonyl (C=O) groups is 1. The molecule has 37 heavy (non-hydrogen) atoms. The van der Waals surface area contributed by atoms with Crippen LogP contribution in [0, 0.1) is 0 Å². The molecule has 2 atom stereocenters. The Kier molecular flexibility index (Phi) is 8.96. The molecule has 3 aromatic rings. The van der Waals surface area contributed by atoms with Crippen LogP contribution in [0.1, 0.15) is 20.3 Å². The van der Waals surface area contributed by atoms with Gasteiger partial charge < -0.3 is 25.0 Å². The molecule has 0 aliphatic carbocycles. The summed E-state index contributed by atoms with van der Waals surface area (Å²) in [5.74, 6) is 0.657. The molecule has 198 valence electrons. The van der Waals surface area contributed by atoms with Gasteiger partial charge in [-0.25, -0.2) is 9.97 Å². The van der Waals surface area contributed by atoms with Gasteiger partial charge in [-0.2, -0.15) is 0 Å². The Morgan fingerprint density at radius 2 is 1.84 bits per heavy atom. The molecule has 1 saturated heterocycles. The molecule has 1 fully saturated rings. The Hall–Kier alpha value is -3.21.